The zero-order chi connectivity index (χ0) is 19.4. The van der Waals surface area contributed by atoms with Gasteiger partial charge >= 0.3 is 5.76 Å². The number of nitrogens with one attached hydrogen (secondary N) is 1. The Morgan fingerprint density at radius 2 is 2.22 bits per heavy atom. The molecule has 11 heteroatoms. The summed E-state index contributed by atoms with van der Waals surface area (Å²) in [5.41, 5.74) is -0.366. The van der Waals surface area contributed by atoms with Crippen LogP contribution in [0, 0.1) is 10.1 Å². The molecule has 0 aliphatic carbocycles. The molecule has 140 valence electrons. The molecule has 2 aromatic heterocycles. The van der Waals surface area contributed by atoms with E-state index in [0.29, 0.717) is 12.4 Å². The van der Waals surface area contributed by atoms with Crippen LogP contribution in [-0.2, 0) is 11.3 Å². The van der Waals surface area contributed by atoms with Gasteiger partial charge in [0, 0.05) is 0 Å². The smallest absolute Gasteiger partial charge is 0.437 e. The number of nitro benzene ring substituents is 1. The minimum absolute atomic E-state index is 0.0312. The number of nitro groups is 1. The number of aromatic nitrogens is 2. The minimum atomic E-state index is -0.863. The summed E-state index contributed by atoms with van der Waals surface area (Å²) in [6, 6.07) is 7.17. The first-order valence-electron chi connectivity index (χ1n) is 7.81. The summed E-state index contributed by atoms with van der Waals surface area (Å²) in [4.78, 5) is 34.6. The van der Waals surface area contributed by atoms with Crippen molar-refractivity contribution in [2.75, 3.05) is 11.9 Å². The van der Waals surface area contributed by atoms with Gasteiger partial charge < -0.3 is 18.9 Å². The summed E-state index contributed by atoms with van der Waals surface area (Å²) in [6.07, 6.45) is 1.38. The van der Waals surface area contributed by atoms with Crippen LogP contribution in [0.1, 0.15) is 6.92 Å². The molecule has 0 radical (unpaired) electrons. The molecule has 0 saturated heterocycles. The lowest BCUT2D eigenvalue weighted by Crippen LogP contribution is -2.26. The van der Waals surface area contributed by atoms with Gasteiger partial charge in [0.15, 0.2) is 5.76 Å². The Labute approximate surface area is 151 Å². The molecule has 1 aromatic carbocycles. The molecule has 3 rings (SSSR count). The topological polar surface area (TPSA) is 143 Å². The van der Waals surface area contributed by atoms with Crippen LogP contribution in [0.3, 0.4) is 0 Å². The first-order valence-corrected chi connectivity index (χ1v) is 7.81. The molecule has 27 heavy (non-hydrogen) atoms. The first kappa shape index (κ1) is 17.9. The molecule has 0 bridgehead atoms. The molecule has 2 heterocycles. The van der Waals surface area contributed by atoms with E-state index in [1.165, 1.54) is 24.5 Å². The highest BCUT2D eigenvalue weighted by atomic mass is 16.6. The van der Waals surface area contributed by atoms with Gasteiger partial charge in [-0.15, -0.1) is 5.10 Å². The predicted molar refractivity (Wildman–Crippen MR) is 91.4 cm³/mol. The molecule has 1 N–H and O–H groups in total. The zero-order valence-electron chi connectivity index (χ0n) is 14.1. The SMILES string of the molecule is CCOc1ccc(NC(=O)Cn2nc(-c3ccco3)oc2=O)c([N+](=O)[O-])c1. The lowest BCUT2D eigenvalue weighted by Gasteiger charge is -2.08. The van der Waals surface area contributed by atoms with Crippen LogP contribution >= 0.6 is 0 Å². The van der Waals surface area contributed by atoms with Gasteiger partial charge in [0.2, 0.25) is 5.91 Å². The first-order chi connectivity index (χ1) is 13.0. The number of benzene rings is 1. The fraction of sp³-hybridized carbons (Fsp3) is 0.188. The quantitative estimate of drug-likeness (QED) is 0.489. The Bertz CT molecular complexity index is 1020. The normalized spacial score (nSPS) is 10.6. The third-order valence-electron chi connectivity index (χ3n) is 3.38. The van der Waals surface area contributed by atoms with Gasteiger partial charge in [0.05, 0.1) is 23.9 Å². The number of furan rings is 1. The number of ether oxygens (including phenoxy) is 1. The molecule has 1 amide bonds. The second-order valence-electron chi connectivity index (χ2n) is 5.23. The number of nitrogens with zero attached hydrogens (tertiary/aromatic N) is 3. The van der Waals surface area contributed by atoms with Crippen LogP contribution in [-0.4, -0.2) is 27.2 Å². The lowest BCUT2D eigenvalue weighted by molar-refractivity contribution is -0.384. The maximum atomic E-state index is 12.2. The number of amides is 1. The molecular formula is C16H14N4O7. The number of hydrogen-bond donors (Lipinski definition) is 1. The maximum absolute atomic E-state index is 12.2. The molecule has 11 nitrogen and oxygen atoms in total. The van der Waals surface area contributed by atoms with E-state index >= 15 is 0 Å². The van der Waals surface area contributed by atoms with E-state index in [0.717, 1.165) is 4.68 Å². The van der Waals surface area contributed by atoms with Crippen molar-refractivity contribution < 1.29 is 23.3 Å². The van der Waals surface area contributed by atoms with Crippen LogP contribution in [0.15, 0.2) is 50.2 Å². The highest BCUT2D eigenvalue weighted by molar-refractivity contribution is 5.93. The van der Waals surface area contributed by atoms with Gasteiger partial charge in [0.25, 0.3) is 11.6 Å². The molecule has 0 atom stereocenters. The molecule has 3 aromatic rings. The molecule has 0 unspecified atom stereocenters. The van der Waals surface area contributed by atoms with E-state index in [9.17, 15) is 19.7 Å². The second-order valence-corrected chi connectivity index (χ2v) is 5.23. The monoisotopic (exact) mass is 374 g/mol. The largest absolute Gasteiger partial charge is 0.494 e. The molecule has 0 fully saturated rings. The van der Waals surface area contributed by atoms with Crippen molar-refractivity contribution in [1.29, 1.82) is 0 Å². The molecule has 0 spiro atoms. The van der Waals surface area contributed by atoms with Crippen LogP contribution < -0.4 is 15.8 Å². The second kappa shape index (κ2) is 7.56. The van der Waals surface area contributed by atoms with Gasteiger partial charge in [-0.3, -0.25) is 14.9 Å². The number of anilines is 1. The Hall–Kier alpha value is -3.89. The van der Waals surface area contributed by atoms with E-state index in [-0.39, 0.29) is 23.0 Å². The summed E-state index contributed by atoms with van der Waals surface area (Å²) in [5.74, 6) is -1.10. The highest BCUT2D eigenvalue weighted by Crippen LogP contribution is 2.29. The lowest BCUT2D eigenvalue weighted by atomic mass is 10.2. The van der Waals surface area contributed by atoms with Gasteiger partial charge in [-0.25, -0.2) is 4.79 Å². The molecular weight excluding hydrogens is 360 g/mol. The van der Waals surface area contributed by atoms with Crippen LogP contribution in [0.2, 0.25) is 0 Å². The highest BCUT2D eigenvalue weighted by Gasteiger charge is 2.19. The summed E-state index contributed by atoms with van der Waals surface area (Å²) in [6.45, 7) is 1.59. The number of carbonyl (C=O) groups excluding carboxylic acids is 1. The van der Waals surface area contributed by atoms with Gasteiger partial charge in [-0.1, -0.05) is 0 Å². The molecule has 0 saturated carbocycles. The maximum Gasteiger partial charge on any atom is 0.437 e. The fourth-order valence-electron chi connectivity index (χ4n) is 2.26. The van der Waals surface area contributed by atoms with Crippen molar-refractivity contribution in [3.63, 3.8) is 0 Å². The van der Waals surface area contributed by atoms with Crippen LogP contribution in [0.5, 0.6) is 5.75 Å². The molecule has 0 aliphatic heterocycles. The Morgan fingerprint density at radius 3 is 2.89 bits per heavy atom. The van der Waals surface area contributed by atoms with Crippen molar-refractivity contribution in [2.45, 2.75) is 13.5 Å². The Balaban J connectivity index is 1.76. The van der Waals surface area contributed by atoms with Crippen molar-refractivity contribution in [1.82, 2.24) is 9.78 Å². The van der Waals surface area contributed by atoms with Gasteiger partial charge in [-0.2, -0.15) is 4.68 Å². The fourth-order valence-corrected chi connectivity index (χ4v) is 2.26. The Kier molecular flexibility index (Phi) is 5.01. The third kappa shape index (κ3) is 4.03. The summed E-state index contributed by atoms with van der Waals surface area (Å²) >= 11 is 0. The van der Waals surface area contributed by atoms with Gasteiger partial charge in [-0.05, 0) is 31.2 Å². The van der Waals surface area contributed by atoms with Crippen molar-refractivity contribution in [3.05, 3.63) is 57.3 Å². The van der Waals surface area contributed by atoms with Crippen LogP contribution in [0.4, 0.5) is 11.4 Å². The van der Waals surface area contributed by atoms with E-state index in [1.807, 2.05) is 0 Å². The van der Waals surface area contributed by atoms with Crippen molar-refractivity contribution in [3.8, 4) is 17.4 Å². The average Bonchev–Trinajstić information content (AvgIpc) is 3.27. The van der Waals surface area contributed by atoms with Crippen molar-refractivity contribution >= 4 is 17.3 Å². The third-order valence-corrected chi connectivity index (χ3v) is 3.38. The summed E-state index contributed by atoms with van der Waals surface area (Å²) in [5, 5.41) is 17.5. The molecule has 0 aliphatic rings. The van der Waals surface area contributed by atoms with E-state index < -0.39 is 23.1 Å². The summed E-state index contributed by atoms with van der Waals surface area (Å²) < 4.78 is 16.0. The Morgan fingerprint density at radius 1 is 1.41 bits per heavy atom. The zero-order valence-corrected chi connectivity index (χ0v) is 14.1. The predicted octanol–water partition coefficient (Wildman–Crippen LogP) is 2.04. The number of hydrogen-bond acceptors (Lipinski definition) is 8. The minimum Gasteiger partial charge on any atom is -0.494 e. The standard InChI is InChI=1S/C16H14N4O7/c1-2-25-10-5-6-11(12(8-10)20(23)24)17-14(21)9-19-16(22)27-15(18-19)13-4-3-7-26-13/h3-8H,2,9H2,1H3,(H,17,21). The van der Waals surface area contributed by atoms with E-state index in [4.69, 9.17) is 13.6 Å². The summed E-state index contributed by atoms with van der Waals surface area (Å²) in [7, 11) is 0. The van der Waals surface area contributed by atoms with Crippen molar-refractivity contribution in [2.24, 2.45) is 0 Å². The van der Waals surface area contributed by atoms with E-state index in [1.54, 1.807) is 19.1 Å². The van der Waals surface area contributed by atoms with E-state index in [2.05, 4.69) is 10.4 Å². The number of carbonyl (C=O) groups is 1. The average molecular weight is 374 g/mol. The number of rotatable bonds is 7. The van der Waals surface area contributed by atoms with Crippen LogP contribution in [0.25, 0.3) is 11.7 Å². The van der Waals surface area contributed by atoms with Gasteiger partial charge in [0.1, 0.15) is 18.0 Å².